The molecule has 0 unspecified atom stereocenters. The fraction of sp³-hybridized carbons (Fsp3) is 0.400. The van der Waals surface area contributed by atoms with Crippen LogP contribution in [-0.4, -0.2) is 38.0 Å². The van der Waals surface area contributed by atoms with E-state index in [1.54, 1.807) is 7.11 Å². The van der Waals surface area contributed by atoms with Crippen molar-refractivity contribution in [3.05, 3.63) is 71.8 Å². The zero-order valence-electron chi connectivity index (χ0n) is 14.1. The van der Waals surface area contributed by atoms with Crippen LogP contribution in [0.1, 0.15) is 11.1 Å². The van der Waals surface area contributed by atoms with Gasteiger partial charge in [-0.2, -0.15) is 0 Å². The minimum atomic E-state index is -0.506. The third kappa shape index (κ3) is 3.92. The molecule has 2 aromatic carbocycles. The van der Waals surface area contributed by atoms with E-state index in [4.69, 9.17) is 23.7 Å². The summed E-state index contributed by atoms with van der Waals surface area (Å²) >= 11 is 0. The van der Waals surface area contributed by atoms with Crippen molar-refractivity contribution in [3.63, 3.8) is 0 Å². The van der Waals surface area contributed by atoms with Crippen molar-refractivity contribution in [2.75, 3.05) is 7.11 Å². The number of fused-ring (bicyclic) bond motifs is 1. The van der Waals surface area contributed by atoms with Crippen molar-refractivity contribution in [3.8, 4) is 0 Å². The molecule has 0 amide bonds. The number of hydrogen-bond acceptors (Lipinski definition) is 5. The lowest BCUT2D eigenvalue weighted by Crippen LogP contribution is -2.51. The largest absolute Gasteiger partial charge is 0.368 e. The van der Waals surface area contributed by atoms with E-state index in [1.165, 1.54) is 0 Å². The predicted octanol–water partition coefficient (Wildman–Crippen LogP) is 2.88. The molecule has 5 atom stereocenters. The highest BCUT2D eigenvalue weighted by molar-refractivity contribution is 5.14. The van der Waals surface area contributed by atoms with E-state index in [9.17, 15) is 0 Å². The first kappa shape index (κ1) is 16.7. The Morgan fingerprint density at radius 1 is 0.760 bits per heavy atom. The summed E-state index contributed by atoms with van der Waals surface area (Å²) in [4.78, 5) is 0. The highest BCUT2D eigenvalue weighted by Gasteiger charge is 2.58. The van der Waals surface area contributed by atoms with Crippen LogP contribution in [0.4, 0.5) is 0 Å². The van der Waals surface area contributed by atoms with Crippen molar-refractivity contribution >= 4 is 0 Å². The smallest absolute Gasteiger partial charge is 0.190 e. The summed E-state index contributed by atoms with van der Waals surface area (Å²) in [5.74, 6) is 0. The highest BCUT2D eigenvalue weighted by atomic mass is 16.8. The molecule has 4 rings (SSSR count). The number of methoxy groups -OCH3 is 1. The zero-order chi connectivity index (χ0) is 17.1. The van der Waals surface area contributed by atoms with Gasteiger partial charge in [0, 0.05) is 7.11 Å². The van der Waals surface area contributed by atoms with Crippen LogP contribution in [0.5, 0.6) is 0 Å². The molecule has 132 valence electrons. The van der Waals surface area contributed by atoms with E-state index in [0.29, 0.717) is 13.2 Å². The standard InChI is InChI=1S/C20H22O5/c1-21-19-17(23-13-15-10-6-3-7-11-15)16(18-20(24-18)25-19)22-12-14-8-4-2-5-9-14/h2-11,16-20H,12-13H2,1H3/t16-,17-,18+,19-,20-/m1/s1. The fourth-order valence-electron chi connectivity index (χ4n) is 3.09. The van der Waals surface area contributed by atoms with Crippen LogP contribution in [-0.2, 0) is 36.9 Å². The van der Waals surface area contributed by atoms with Crippen molar-refractivity contribution < 1.29 is 23.7 Å². The molecule has 2 saturated heterocycles. The van der Waals surface area contributed by atoms with Gasteiger partial charge in [-0.15, -0.1) is 0 Å². The quantitative estimate of drug-likeness (QED) is 0.724. The monoisotopic (exact) mass is 342 g/mol. The first-order chi connectivity index (χ1) is 12.3. The second-order valence-electron chi connectivity index (χ2n) is 6.23. The van der Waals surface area contributed by atoms with Crippen LogP contribution in [0.2, 0.25) is 0 Å². The molecule has 0 bridgehead atoms. The third-order valence-corrected chi connectivity index (χ3v) is 4.47. The van der Waals surface area contributed by atoms with Crippen LogP contribution in [0.3, 0.4) is 0 Å². The van der Waals surface area contributed by atoms with Gasteiger partial charge < -0.3 is 23.7 Å². The first-order valence-corrected chi connectivity index (χ1v) is 8.50. The molecule has 0 saturated carbocycles. The summed E-state index contributed by atoms with van der Waals surface area (Å²) in [6.45, 7) is 0.969. The number of epoxide rings is 1. The van der Waals surface area contributed by atoms with Crippen molar-refractivity contribution in [1.82, 2.24) is 0 Å². The lowest BCUT2D eigenvalue weighted by Gasteiger charge is -2.34. The van der Waals surface area contributed by atoms with Crippen molar-refractivity contribution in [1.29, 1.82) is 0 Å². The normalized spacial score (nSPS) is 30.7. The second kappa shape index (κ2) is 7.64. The van der Waals surface area contributed by atoms with Crippen LogP contribution in [0, 0.1) is 0 Å². The second-order valence-corrected chi connectivity index (χ2v) is 6.23. The average molecular weight is 342 g/mol. The van der Waals surface area contributed by atoms with Gasteiger partial charge >= 0.3 is 0 Å². The van der Waals surface area contributed by atoms with Gasteiger partial charge in [0.05, 0.1) is 13.2 Å². The van der Waals surface area contributed by atoms with Crippen LogP contribution < -0.4 is 0 Å². The lowest BCUT2D eigenvalue weighted by atomic mass is 10.1. The molecule has 0 radical (unpaired) electrons. The van der Waals surface area contributed by atoms with E-state index in [0.717, 1.165) is 11.1 Å². The minimum absolute atomic E-state index is 0.101. The Morgan fingerprint density at radius 3 is 1.88 bits per heavy atom. The number of ether oxygens (including phenoxy) is 5. The number of hydrogen-bond donors (Lipinski definition) is 0. The van der Waals surface area contributed by atoms with E-state index in [2.05, 4.69) is 0 Å². The van der Waals surface area contributed by atoms with E-state index >= 15 is 0 Å². The Kier molecular flexibility index (Phi) is 5.10. The Labute approximate surface area is 147 Å². The summed E-state index contributed by atoms with van der Waals surface area (Å²) in [6.07, 6.45) is -1.45. The molecule has 0 spiro atoms. The van der Waals surface area contributed by atoms with Gasteiger partial charge in [0.25, 0.3) is 0 Å². The zero-order valence-corrected chi connectivity index (χ0v) is 14.1. The Balaban J connectivity index is 1.43. The molecule has 2 aromatic rings. The maximum atomic E-state index is 6.15. The van der Waals surface area contributed by atoms with Crippen LogP contribution >= 0.6 is 0 Å². The topological polar surface area (TPSA) is 49.5 Å². The first-order valence-electron chi connectivity index (χ1n) is 8.50. The molecule has 2 fully saturated rings. The molecule has 0 aromatic heterocycles. The van der Waals surface area contributed by atoms with E-state index in [1.807, 2.05) is 60.7 Å². The van der Waals surface area contributed by atoms with Gasteiger partial charge in [-0.1, -0.05) is 60.7 Å². The Bertz CT molecular complexity index is 662. The van der Waals surface area contributed by atoms with Gasteiger partial charge in [0.15, 0.2) is 12.6 Å². The molecule has 2 heterocycles. The van der Waals surface area contributed by atoms with Gasteiger partial charge in [0.1, 0.15) is 18.3 Å². The molecule has 5 nitrogen and oxygen atoms in total. The highest BCUT2D eigenvalue weighted by Crippen LogP contribution is 2.39. The van der Waals surface area contributed by atoms with Gasteiger partial charge in [0.2, 0.25) is 0 Å². The van der Waals surface area contributed by atoms with Gasteiger partial charge in [-0.3, -0.25) is 0 Å². The molecule has 0 aliphatic carbocycles. The molecular weight excluding hydrogens is 320 g/mol. The molecular formula is C20H22O5. The fourth-order valence-corrected chi connectivity index (χ4v) is 3.09. The maximum Gasteiger partial charge on any atom is 0.190 e. The Morgan fingerprint density at radius 2 is 1.32 bits per heavy atom. The van der Waals surface area contributed by atoms with E-state index < -0.39 is 6.29 Å². The third-order valence-electron chi connectivity index (χ3n) is 4.47. The Hall–Kier alpha value is -1.76. The predicted molar refractivity (Wildman–Crippen MR) is 90.6 cm³/mol. The van der Waals surface area contributed by atoms with Crippen molar-refractivity contribution in [2.45, 2.75) is 44.1 Å². The van der Waals surface area contributed by atoms with Crippen LogP contribution in [0.15, 0.2) is 60.7 Å². The van der Waals surface area contributed by atoms with E-state index in [-0.39, 0.29) is 24.6 Å². The van der Waals surface area contributed by atoms with Gasteiger partial charge in [-0.05, 0) is 11.1 Å². The summed E-state index contributed by atoms with van der Waals surface area (Å²) < 4.78 is 29.1. The minimum Gasteiger partial charge on any atom is -0.368 e. The molecule has 2 aliphatic rings. The van der Waals surface area contributed by atoms with Gasteiger partial charge in [-0.25, -0.2) is 0 Å². The van der Waals surface area contributed by atoms with Crippen molar-refractivity contribution in [2.24, 2.45) is 0 Å². The number of benzene rings is 2. The SMILES string of the molecule is CO[C@@H]1O[C@H]2O[C@H]2[C@H](OCc2ccccc2)[C@H]1OCc1ccccc1. The average Bonchev–Trinajstić information content (AvgIpc) is 3.45. The molecule has 2 aliphatic heterocycles. The maximum absolute atomic E-state index is 6.15. The van der Waals surface area contributed by atoms with Crippen LogP contribution in [0.25, 0.3) is 0 Å². The summed E-state index contributed by atoms with van der Waals surface area (Å²) in [5.41, 5.74) is 2.21. The molecule has 25 heavy (non-hydrogen) atoms. The summed E-state index contributed by atoms with van der Waals surface area (Å²) in [7, 11) is 1.61. The summed E-state index contributed by atoms with van der Waals surface area (Å²) in [6, 6.07) is 20.1. The molecule has 0 N–H and O–H groups in total. The summed E-state index contributed by atoms with van der Waals surface area (Å²) in [5, 5.41) is 0. The molecule has 5 heteroatoms. The number of rotatable bonds is 7. The lowest BCUT2D eigenvalue weighted by molar-refractivity contribution is -0.256.